The first-order chi connectivity index (χ1) is 19.3. The molecule has 13 nitrogen and oxygen atoms in total. The summed E-state index contributed by atoms with van der Waals surface area (Å²) in [6.45, 7) is 1.73. The van der Waals surface area contributed by atoms with Crippen molar-refractivity contribution < 1.29 is 39.6 Å². The molecule has 214 valence electrons. The normalized spacial score (nSPS) is 25.5. The van der Waals surface area contributed by atoms with Crippen molar-refractivity contribution in [1.82, 2.24) is 20.2 Å². The number of carbonyl (C=O) groups excluding carboxylic acids is 4. The lowest BCUT2D eigenvalue weighted by Gasteiger charge is -2.50. The van der Waals surface area contributed by atoms with Crippen molar-refractivity contribution >= 4 is 29.1 Å². The van der Waals surface area contributed by atoms with Crippen LogP contribution in [0.15, 0.2) is 41.4 Å². The maximum absolute atomic E-state index is 13.9. The van der Waals surface area contributed by atoms with Gasteiger partial charge in [-0.3, -0.25) is 24.1 Å². The van der Waals surface area contributed by atoms with Gasteiger partial charge in [0.05, 0.1) is 11.6 Å². The zero-order valence-electron chi connectivity index (χ0n) is 22.5. The molecule has 5 rings (SSSR count). The van der Waals surface area contributed by atoms with Crippen LogP contribution in [0.25, 0.3) is 5.76 Å². The number of Topliss-reactive ketones (excluding diaryl/α,β-unsaturated/α-hetero) is 2. The summed E-state index contributed by atoms with van der Waals surface area (Å²) in [7, 11) is 3.07. The molecule has 1 aromatic heterocycles. The molecule has 3 aliphatic rings. The number of aliphatic hydroxyl groups is 3. The van der Waals surface area contributed by atoms with Gasteiger partial charge in [-0.25, -0.2) is 9.97 Å². The zero-order chi connectivity index (χ0) is 30.0. The second-order valence-corrected chi connectivity index (χ2v) is 10.8. The van der Waals surface area contributed by atoms with Crippen molar-refractivity contribution in [1.29, 1.82) is 0 Å². The summed E-state index contributed by atoms with van der Waals surface area (Å²) in [6.07, 6.45) is 1.35. The van der Waals surface area contributed by atoms with E-state index in [1.54, 1.807) is 13.0 Å². The van der Waals surface area contributed by atoms with E-state index in [-0.39, 0.29) is 42.0 Å². The number of fused-ring (bicyclic) bond motifs is 3. The van der Waals surface area contributed by atoms with Crippen LogP contribution in [-0.2, 0) is 27.3 Å². The Balaban J connectivity index is 1.58. The highest BCUT2D eigenvalue weighted by Crippen LogP contribution is 2.52. The van der Waals surface area contributed by atoms with Gasteiger partial charge in [-0.05, 0) is 63.0 Å². The molecule has 2 aromatic rings. The maximum Gasteiger partial charge on any atom is 0.270 e. The van der Waals surface area contributed by atoms with Crippen LogP contribution in [0.2, 0.25) is 0 Å². The first-order valence-corrected chi connectivity index (χ1v) is 12.8. The number of nitrogens with two attached hydrogens (primary N) is 1. The number of hydrogen-bond acceptors (Lipinski definition) is 11. The third-order valence-corrected chi connectivity index (χ3v) is 8.18. The fourth-order valence-corrected chi connectivity index (χ4v) is 6.32. The number of aliphatic hydroxyl groups excluding tert-OH is 2. The van der Waals surface area contributed by atoms with Crippen LogP contribution in [0.5, 0.6) is 5.75 Å². The average molecular weight is 564 g/mol. The van der Waals surface area contributed by atoms with Gasteiger partial charge in [0.15, 0.2) is 11.4 Å². The number of amides is 2. The Kier molecular flexibility index (Phi) is 6.66. The molecule has 41 heavy (non-hydrogen) atoms. The van der Waals surface area contributed by atoms with E-state index >= 15 is 0 Å². The van der Waals surface area contributed by atoms with Crippen molar-refractivity contribution in [3.05, 3.63) is 69.5 Å². The van der Waals surface area contributed by atoms with Gasteiger partial charge >= 0.3 is 0 Å². The largest absolute Gasteiger partial charge is 0.508 e. The lowest BCUT2D eigenvalue weighted by molar-refractivity contribution is -0.153. The second-order valence-electron chi connectivity index (χ2n) is 10.8. The third kappa shape index (κ3) is 4.16. The molecular formula is C28H29N5O8. The molecule has 0 radical (unpaired) electrons. The highest BCUT2D eigenvalue weighted by Gasteiger charge is 2.64. The smallest absolute Gasteiger partial charge is 0.270 e. The van der Waals surface area contributed by atoms with Crippen molar-refractivity contribution in [3.8, 4) is 5.75 Å². The number of rotatable bonds is 5. The zero-order valence-corrected chi connectivity index (χ0v) is 22.5. The Bertz CT molecular complexity index is 1600. The molecule has 7 N–H and O–H groups in total. The number of phenolic OH excluding ortho intramolecular Hbond substituents is 1. The highest BCUT2D eigenvalue weighted by molar-refractivity contribution is 6.24. The molecule has 2 amide bonds. The van der Waals surface area contributed by atoms with E-state index in [1.807, 2.05) is 0 Å². The monoisotopic (exact) mass is 563 g/mol. The molecule has 0 aliphatic heterocycles. The minimum Gasteiger partial charge on any atom is -0.508 e. The number of likely N-dealkylation sites (N-methyl/N-ethyl adjacent to an activating group) is 1. The van der Waals surface area contributed by atoms with E-state index in [1.165, 1.54) is 37.5 Å². The number of nitrogens with one attached hydrogen (secondary N) is 1. The van der Waals surface area contributed by atoms with Crippen LogP contribution in [0.4, 0.5) is 0 Å². The number of phenols is 1. The Morgan fingerprint density at radius 2 is 1.88 bits per heavy atom. The van der Waals surface area contributed by atoms with Gasteiger partial charge in [-0.1, -0.05) is 6.07 Å². The summed E-state index contributed by atoms with van der Waals surface area (Å²) >= 11 is 0. The number of aromatic hydroxyl groups is 1. The summed E-state index contributed by atoms with van der Waals surface area (Å²) in [4.78, 5) is 61.2. The lowest BCUT2D eigenvalue weighted by Crippen LogP contribution is -2.65. The van der Waals surface area contributed by atoms with Crippen molar-refractivity contribution in [2.75, 3.05) is 14.1 Å². The predicted octanol–water partition coefficient (Wildman–Crippen LogP) is -0.00758. The van der Waals surface area contributed by atoms with Crippen molar-refractivity contribution in [2.45, 2.75) is 38.0 Å². The van der Waals surface area contributed by atoms with Gasteiger partial charge in [-0.2, -0.15) is 0 Å². The molecule has 0 spiro atoms. The number of aryl methyl sites for hydroxylation is 1. The third-order valence-electron chi connectivity index (χ3n) is 8.18. The van der Waals surface area contributed by atoms with Gasteiger partial charge in [0.1, 0.15) is 34.9 Å². The van der Waals surface area contributed by atoms with Crippen LogP contribution in [0, 0.1) is 18.8 Å². The number of ketones is 2. The number of hydrogen-bond donors (Lipinski definition) is 6. The van der Waals surface area contributed by atoms with Gasteiger partial charge in [0.2, 0.25) is 5.78 Å². The number of aromatic nitrogens is 2. The van der Waals surface area contributed by atoms with E-state index < -0.39 is 64.0 Å². The van der Waals surface area contributed by atoms with Crippen molar-refractivity contribution in [2.24, 2.45) is 17.6 Å². The number of primary amides is 1. The Hall–Kier alpha value is -4.62. The Morgan fingerprint density at radius 1 is 1.17 bits per heavy atom. The summed E-state index contributed by atoms with van der Waals surface area (Å²) < 4.78 is 0. The van der Waals surface area contributed by atoms with Crippen LogP contribution in [0.3, 0.4) is 0 Å². The molecular weight excluding hydrogens is 534 g/mol. The fourth-order valence-electron chi connectivity index (χ4n) is 6.32. The average Bonchev–Trinajstić information content (AvgIpc) is 2.89. The first kappa shape index (κ1) is 27.9. The van der Waals surface area contributed by atoms with Crippen LogP contribution in [-0.4, -0.2) is 84.4 Å². The number of nitrogens with zero attached hydrogens (tertiary/aromatic N) is 3. The Morgan fingerprint density at radius 3 is 2.51 bits per heavy atom. The molecule has 4 unspecified atom stereocenters. The highest BCUT2D eigenvalue weighted by atomic mass is 16.3. The predicted molar refractivity (Wildman–Crippen MR) is 142 cm³/mol. The van der Waals surface area contributed by atoms with E-state index in [9.17, 15) is 39.6 Å². The molecule has 1 fully saturated rings. The SMILES string of the molecule is Cc1cc(C(=O)NCc2ccc(O)c3c2CC2CC4C(N(C)C)C(=O)C(C(N)=O)=C(O)C4(O)C(=O)C2=C3O)ncn1. The minimum atomic E-state index is -2.71. The van der Waals surface area contributed by atoms with E-state index in [0.29, 0.717) is 16.8 Å². The van der Waals surface area contributed by atoms with Gasteiger partial charge in [0.25, 0.3) is 11.8 Å². The summed E-state index contributed by atoms with van der Waals surface area (Å²) in [6, 6.07) is 3.24. The molecule has 0 saturated heterocycles. The van der Waals surface area contributed by atoms with Crippen LogP contribution in [0.1, 0.15) is 39.3 Å². The summed E-state index contributed by atoms with van der Waals surface area (Å²) in [5.74, 6) is -7.65. The minimum absolute atomic E-state index is 0.00541. The second kappa shape index (κ2) is 9.78. The maximum atomic E-state index is 13.9. The van der Waals surface area contributed by atoms with E-state index in [0.717, 1.165) is 0 Å². The van der Waals surface area contributed by atoms with Gasteiger partial charge in [0, 0.05) is 23.7 Å². The molecule has 3 aliphatic carbocycles. The standard InChI is InChI=1S/C28H29N5O8/c1-11-6-16(32-10-31-11)27(40)30-9-12-4-5-17(34)19-14(12)7-13-8-15-21(33(2)3)23(36)20(26(29)39)25(38)28(15,41)24(37)18(13)22(19)35/h4-6,10,13,15,21,34-35,38,41H,7-9H2,1-3H3,(H2,29,39)(H,30,40). The van der Waals surface area contributed by atoms with E-state index in [2.05, 4.69) is 15.3 Å². The molecule has 1 saturated carbocycles. The number of benzene rings is 1. The topological polar surface area (TPSA) is 216 Å². The quantitative estimate of drug-likeness (QED) is 0.266. The number of carbonyl (C=O) groups is 4. The first-order valence-electron chi connectivity index (χ1n) is 12.8. The summed E-state index contributed by atoms with van der Waals surface area (Å²) in [5.41, 5.74) is 3.26. The fraction of sp³-hybridized carbons (Fsp3) is 0.357. The summed E-state index contributed by atoms with van der Waals surface area (Å²) in [5, 5.41) is 47.3. The Labute approximate surface area is 234 Å². The van der Waals surface area contributed by atoms with Crippen molar-refractivity contribution in [3.63, 3.8) is 0 Å². The molecule has 1 heterocycles. The van der Waals surface area contributed by atoms with Gasteiger partial charge < -0.3 is 31.5 Å². The lowest BCUT2D eigenvalue weighted by atomic mass is 9.57. The molecule has 4 atom stereocenters. The van der Waals surface area contributed by atoms with Crippen LogP contribution < -0.4 is 11.1 Å². The molecule has 13 heteroatoms. The van der Waals surface area contributed by atoms with Crippen LogP contribution >= 0.6 is 0 Å². The van der Waals surface area contributed by atoms with E-state index in [4.69, 9.17) is 5.73 Å². The molecule has 1 aromatic carbocycles. The molecule has 0 bridgehead atoms. The van der Waals surface area contributed by atoms with Gasteiger partial charge in [-0.15, -0.1) is 0 Å².